The molecule has 0 aliphatic rings. The van der Waals surface area contributed by atoms with Crippen LogP contribution in [0.4, 0.5) is 5.69 Å². The molecule has 1 atom stereocenters. The number of para-hydroxylation sites is 1. The maximum atomic E-state index is 12.1. The summed E-state index contributed by atoms with van der Waals surface area (Å²) in [5.74, 6) is -1.17. The van der Waals surface area contributed by atoms with E-state index in [0.29, 0.717) is 5.03 Å². The van der Waals surface area contributed by atoms with E-state index < -0.39 is 5.97 Å². The molecule has 5 nitrogen and oxygen atoms in total. The maximum Gasteiger partial charge on any atom is 0.335 e. The second kappa shape index (κ2) is 6.90. The lowest BCUT2D eigenvalue weighted by Crippen LogP contribution is -2.22. The first-order valence-corrected chi connectivity index (χ1v) is 7.16. The highest BCUT2D eigenvalue weighted by Gasteiger charge is 2.16. The number of aromatic nitrogens is 1. The molecule has 2 aromatic rings. The van der Waals surface area contributed by atoms with E-state index in [9.17, 15) is 9.59 Å². The molecule has 21 heavy (non-hydrogen) atoms. The second-order valence-corrected chi connectivity index (χ2v) is 5.66. The van der Waals surface area contributed by atoms with Gasteiger partial charge in [-0.3, -0.25) is 4.79 Å². The monoisotopic (exact) mass is 302 g/mol. The number of carboxylic acids is 1. The summed E-state index contributed by atoms with van der Waals surface area (Å²) < 4.78 is 0. The van der Waals surface area contributed by atoms with Crippen LogP contribution in [0, 0.1) is 0 Å². The van der Waals surface area contributed by atoms with Crippen molar-refractivity contribution in [3.05, 3.63) is 54.2 Å². The van der Waals surface area contributed by atoms with Crippen molar-refractivity contribution in [1.29, 1.82) is 0 Å². The first kappa shape index (κ1) is 15.1. The van der Waals surface area contributed by atoms with Gasteiger partial charge in [0, 0.05) is 11.9 Å². The van der Waals surface area contributed by atoms with Gasteiger partial charge in [-0.05, 0) is 31.2 Å². The molecule has 0 radical (unpaired) electrons. The van der Waals surface area contributed by atoms with E-state index in [1.165, 1.54) is 30.1 Å². The molecule has 108 valence electrons. The van der Waals surface area contributed by atoms with Gasteiger partial charge in [-0.25, -0.2) is 9.78 Å². The molecule has 0 aliphatic heterocycles. The molecule has 1 aromatic heterocycles. The molecule has 0 saturated heterocycles. The molecule has 0 bridgehead atoms. The molecule has 0 spiro atoms. The van der Waals surface area contributed by atoms with Crippen molar-refractivity contribution < 1.29 is 14.7 Å². The lowest BCUT2D eigenvalue weighted by molar-refractivity contribution is -0.115. The highest BCUT2D eigenvalue weighted by molar-refractivity contribution is 8.00. The number of amides is 1. The summed E-state index contributed by atoms with van der Waals surface area (Å²) in [6.45, 7) is 1.75. The minimum absolute atomic E-state index is 0.156. The molecule has 1 aromatic carbocycles. The first-order valence-electron chi connectivity index (χ1n) is 6.28. The summed E-state index contributed by atoms with van der Waals surface area (Å²) >= 11 is 1.22. The minimum Gasteiger partial charge on any atom is -0.478 e. The number of benzene rings is 1. The van der Waals surface area contributed by atoms with Gasteiger partial charge in [-0.15, -0.1) is 0 Å². The van der Waals surface area contributed by atoms with Crippen LogP contribution in [0.1, 0.15) is 17.3 Å². The van der Waals surface area contributed by atoms with Gasteiger partial charge in [-0.2, -0.15) is 0 Å². The number of hydrogen-bond acceptors (Lipinski definition) is 4. The topological polar surface area (TPSA) is 79.3 Å². The lowest BCUT2D eigenvalue weighted by Gasteiger charge is -2.11. The molecule has 0 fully saturated rings. The summed E-state index contributed by atoms with van der Waals surface area (Å²) in [6.07, 6.45) is 1.42. The van der Waals surface area contributed by atoms with Crippen LogP contribution in [0.2, 0.25) is 0 Å². The SMILES string of the molecule is CC(Sc1cc(C(=O)O)ccn1)C(=O)Nc1ccccc1. The molecule has 2 rings (SSSR count). The molecule has 1 heterocycles. The van der Waals surface area contributed by atoms with Crippen molar-refractivity contribution in [3.63, 3.8) is 0 Å². The molecular formula is C15H14N2O3S. The van der Waals surface area contributed by atoms with Gasteiger partial charge in [0.1, 0.15) is 0 Å². The largest absolute Gasteiger partial charge is 0.478 e. The molecule has 0 aliphatic carbocycles. The minimum atomic E-state index is -1.01. The Morgan fingerprint density at radius 1 is 1.24 bits per heavy atom. The predicted octanol–water partition coefficient (Wildman–Crippen LogP) is 2.90. The van der Waals surface area contributed by atoms with Crippen LogP contribution in [-0.4, -0.2) is 27.2 Å². The highest BCUT2D eigenvalue weighted by Crippen LogP contribution is 2.23. The Bertz CT molecular complexity index is 646. The lowest BCUT2D eigenvalue weighted by atomic mass is 10.3. The molecule has 1 amide bonds. The van der Waals surface area contributed by atoms with Gasteiger partial charge in [0.05, 0.1) is 15.8 Å². The van der Waals surface area contributed by atoms with E-state index in [0.717, 1.165) is 5.69 Å². The van der Waals surface area contributed by atoms with Gasteiger partial charge < -0.3 is 10.4 Å². The Kier molecular flexibility index (Phi) is 4.94. The van der Waals surface area contributed by atoms with Crippen molar-refractivity contribution in [2.45, 2.75) is 17.2 Å². The molecule has 1 unspecified atom stereocenters. The summed E-state index contributed by atoms with van der Waals surface area (Å²) in [4.78, 5) is 27.0. The van der Waals surface area contributed by atoms with Gasteiger partial charge in [0.2, 0.25) is 5.91 Å². The number of hydrogen-bond donors (Lipinski definition) is 2. The van der Waals surface area contributed by atoms with E-state index >= 15 is 0 Å². The Labute approximate surface area is 126 Å². The van der Waals surface area contributed by atoms with Crippen LogP contribution in [0.25, 0.3) is 0 Å². The standard InChI is InChI=1S/C15H14N2O3S/c1-10(14(18)17-12-5-3-2-4-6-12)21-13-9-11(15(19)20)7-8-16-13/h2-10H,1H3,(H,17,18)(H,19,20). The van der Waals surface area contributed by atoms with Crippen molar-refractivity contribution in [1.82, 2.24) is 4.98 Å². The van der Waals surface area contributed by atoms with Gasteiger partial charge in [-0.1, -0.05) is 30.0 Å². The second-order valence-electron chi connectivity index (χ2n) is 4.30. The zero-order valence-electron chi connectivity index (χ0n) is 11.3. The number of nitrogens with one attached hydrogen (secondary N) is 1. The van der Waals surface area contributed by atoms with E-state index in [4.69, 9.17) is 5.11 Å². The fourth-order valence-corrected chi connectivity index (χ4v) is 2.45. The fourth-order valence-electron chi connectivity index (χ4n) is 1.61. The number of pyridine rings is 1. The summed E-state index contributed by atoms with van der Waals surface area (Å²) in [5, 5.41) is 11.8. The van der Waals surface area contributed by atoms with Gasteiger partial charge in [0.15, 0.2) is 0 Å². The van der Waals surface area contributed by atoms with Gasteiger partial charge in [0.25, 0.3) is 0 Å². The van der Waals surface area contributed by atoms with Crippen molar-refractivity contribution in [2.75, 3.05) is 5.32 Å². The third-order valence-corrected chi connectivity index (χ3v) is 3.72. The summed E-state index contributed by atoms with van der Waals surface area (Å²) in [5.41, 5.74) is 0.880. The average molecular weight is 302 g/mol. The normalized spacial score (nSPS) is 11.7. The van der Waals surface area contributed by atoms with Gasteiger partial charge >= 0.3 is 5.97 Å². The molecule has 0 saturated carbocycles. The van der Waals surface area contributed by atoms with Crippen LogP contribution >= 0.6 is 11.8 Å². The van der Waals surface area contributed by atoms with Crippen molar-refractivity contribution >= 4 is 29.3 Å². The Morgan fingerprint density at radius 2 is 1.95 bits per heavy atom. The number of nitrogens with zero attached hydrogens (tertiary/aromatic N) is 1. The number of thioether (sulfide) groups is 1. The van der Waals surface area contributed by atoms with E-state index in [1.54, 1.807) is 19.1 Å². The van der Waals surface area contributed by atoms with Crippen LogP contribution in [0.15, 0.2) is 53.7 Å². The molecular weight excluding hydrogens is 288 g/mol. The molecule has 2 N–H and O–H groups in total. The number of carbonyl (C=O) groups is 2. The van der Waals surface area contributed by atoms with Crippen LogP contribution in [0.3, 0.4) is 0 Å². The Hall–Kier alpha value is -2.34. The predicted molar refractivity (Wildman–Crippen MR) is 81.6 cm³/mol. The number of anilines is 1. The van der Waals surface area contributed by atoms with E-state index in [1.807, 2.05) is 18.2 Å². The Balaban J connectivity index is 2.00. The smallest absolute Gasteiger partial charge is 0.335 e. The summed E-state index contributed by atoms with van der Waals surface area (Å²) in [6, 6.07) is 12.0. The number of carboxylic acid groups (broad SMARTS) is 1. The molecule has 6 heteroatoms. The van der Waals surface area contributed by atoms with E-state index in [2.05, 4.69) is 10.3 Å². The highest BCUT2D eigenvalue weighted by atomic mass is 32.2. The number of rotatable bonds is 5. The zero-order valence-corrected chi connectivity index (χ0v) is 12.1. The number of carbonyl (C=O) groups excluding carboxylic acids is 1. The summed E-state index contributed by atoms with van der Waals surface area (Å²) in [7, 11) is 0. The van der Waals surface area contributed by atoms with Crippen LogP contribution in [-0.2, 0) is 4.79 Å². The van der Waals surface area contributed by atoms with Crippen molar-refractivity contribution in [3.8, 4) is 0 Å². The maximum absolute atomic E-state index is 12.1. The zero-order chi connectivity index (χ0) is 15.2. The number of aromatic carboxylic acids is 1. The first-order chi connectivity index (χ1) is 10.1. The average Bonchev–Trinajstić information content (AvgIpc) is 2.48. The fraction of sp³-hybridized carbons (Fsp3) is 0.133. The quantitative estimate of drug-likeness (QED) is 0.830. The third kappa shape index (κ3) is 4.32. The van der Waals surface area contributed by atoms with Crippen molar-refractivity contribution in [2.24, 2.45) is 0 Å². The van der Waals surface area contributed by atoms with E-state index in [-0.39, 0.29) is 16.7 Å². The van der Waals surface area contributed by atoms with Crippen LogP contribution < -0.4 is 5.32 Å². The van der Waals surface area contributed by atoms with Crippen LogP contribution in [0.5, 0.6) is 0 Å². The Morgan fingerprint density at radius 3 is 2.62 bits per heavy atom. The third-order valence-electron chi connectivity index (χ3n) is 2.69.